The Kier molecular flexibility index (Phi) is 9.73. The summed E-state index contributed by atoms with van der Waals surface area (Å²) in [6.07, 6.45) is 5.18. The van der Waals surface area contributed by atoms with Gasteiger partial charge in [-0.05, 0) is 68.1 Å². The Bertz CT molecular complexity index is 1810. The average Bonchev–Trinajstić information content (AvgIpc) is 3.94. The molecule has 3 heterocycles. The molecule has 5 amide bonds. The van der Waals surface area contributed by atoms with E-state index in [4.69, 9.17) is 9.47 Å². The number of amides is 5. The minimum Gasteiger partial charge on any atom is -0.444 e. The lowest BCUT2D eigenvalue weighted by Gasteiger charge is -2.36. The van der Waals surface area contributed by atoms with Crippen molar-refractivity contribution in [3.05, 3.63) is 53.6 Å². The smallest absolute Gasteiger partial charge is 0.410 e. The van der Waals surface area contributed by atoms with E-state index in [1.165, 1.54) is 11.0 Å². The number of benzene rings is 1. The minimum atomic E-state index is -3.91. The molecule has 15 heteroatoms. The third-order valence-corrected chi connectivity index (χ3v) is 12.4. The lowest BCUT2D eigenvalue weighted by Crippen LogP contribution is -2.60. The first kappa shape index (κ1) is 37.4. The number of carbonyl (C=O) groups is 5. The molecule has 3 aliphatic heterocycles. The Morgan fingerprint density at radius 2 is 1.85 bits per heavy atom. The number of sulfonamides is 1. The second kappa shape index (κ2) is 13.5. The normalized spacial score (nSPS) is 29.8. The number of fused-ring (bicyclic) bond motifs is 3. The molecule has 0 aromatic heterocycles. The Morgan fingerprint density at radius 1 is 1.12 bits per heavy atom. The van der Waals surface area contributed by atoms with Crippen molar-refractivity contribution >= 4 is 46.0 Å². The van der Waals surface area contributed by atoms with Gasteiger partial charge >= 0.3 is 12.2 Å². The molecule has 1 aromatic carbocycles. The van der Waals surface area contributed by atoms with Gasteiger partial charge in [0.15, 0.2) is 0 Å². The zero-order chi connectivity index (χ0) is 37.8. The van der Waals surface area contributed by atoms with E-state index in [0.717, 1.165) is 16.7 Å². The average molecular weight is 740 g/mol. The van der Waals surface area contributed by atoms with Gasteiger partial charge in [-0.3, -0.25) is 24.0 Å². The van der Waals surface area contributed by atoms with Crippen molar-refractivity contribution in [2.75, 3.05) is 6.54 Å². The summed E-state index contributed by atoms with van der Waals surface area (Å²) in [6.45, 7) is 13.1. The Balaban J connectivity index is 1.30. The van der Waals surface area contributed by atoms with Crippen LogP contribution in [0.3, 0.4) is 0 Å². The van der Waals surface area contributed by atoms with Crippen LogP contribution in [0.1, 0.15) is 89.8 Å². The van der Waals surface area contributed by atoms with Gasteiger partial charge in [0, 0.05) is 18.9 Å². The zero-order valence-corrected chi connectivity index (χ0v) is 31.2. The maximum Gasteiger partial charge on any atom is 0.410 e. The van der Waals surface area contributed by atoms with Gasteiger partial charge < -0.3 is 25.0 Å². The van der Waals surface area contributed by atoms with Crippen LogP contribution in [-0.2, 0) is 47.0 Å². The number of nitrogens with zero attached hydrogens (tertiary/aromatic N) is 2. The summed E-state index contributed by atoms with van der Waals surface area (Å²) in [7, 11) is -3.91. The van der Waals surface area contributed by atoms with Crippen LogP contribution in [0.25, 0.3) is 6.08 Å². The number of hydrogen-bond donors (Lipinski definition) is 3. The molecular formula is C37H49N5O9S. The van der Waals surface area contributed by atoms with E-state index < -0.39 is 85.8 Å². The van der Waals surface area contributed by atoms with Crippen LogP contribution in [0.15, 0.2) is 36.9 Å². The highest BCUT2D eigenvalue weighted by Gasteiger charge is 2.62. The molecule has 1 saturated heterocycles. The summed E-state index contributed by atoms with van der Waals surface area (Å²) in [6, 6.07) is 3.48. The maximum atomic E-state index is 14.5. The van der Waals surface area contributed by atoms with Crippen LogP contribution in [0.2, 0.25) is 0 Å². The van der Waals surface area contributed by atoms with Gasteiger partial charge in [-0.2, -0.15) is 0 Å². The first-order valence-corrected chi connectivity index (χ1v) is 19.4. The quantitative estimate of drug-likeness (QED) is 0.368. The summed E-state index contributed by atoms with van der Waals surface area (Å²) < 4.78 is 39.2. The van der Waals surface area contributed by atoms with Crippen LogP contribution in [0.4, 0.5) is 9.59 Å². The Morgan fingerprint density at radius 3 is 2.50 bits per heavy atom. The third kappa shape index (κ3) is 7.69. The molecule has 52 heavy (non-hydrogen) atoms. The van der Waals surface area contributed by atoms with E-state index in [0.29, 0.717) is 38.8 Å². The van der Waals surface area contributed by atoms with Crippen LogP contribution in [-0.4, -0.2) is 89.2 Å². The molecule has 282 valence electrons. The van der Waals surface area contributed by atoms with Gasteiger partial charge in [0.2, 0.25) is 21.8 Å². The van der Waals surface area contributed by atoms with Gasteiger partial charge in [-0.15, -0.1) is 6.58 Å². The Hall–Kier alpha value is -4.40. The van der Waals surface area contributed by atoms with Crippen molar-refractivity contribution in [3.8, 4) is 0 Å². The molecule has 6 rings (SSSR count). The highest BCUT2D eigenvalue weighted by atomic mass is 32.2. The standard InChI is InChI=1S/C37H49N5O9S/c1-7-24-18-37(24,32(45)40-52(48,49)26-14-15-26)39-30(43)28-17-25-20-42(28)31(44)29(35(2,3)4)38-33(46)51-36(5,6)16-9-8-11-22-12-10-13-23-19-41(21-27(22)23)34(47)50-25/h7-8,10-13,24-26,28-29H,1,9,14-21H2,2-6H3,(H,38,46)(H,39,43)(H,40,45)/b11-8+/t24-,25-,28+,29-,37-/m1/s1. The predicted octanol–water partition coefficient (Wildman–Crippen LogP) is 3.50. The molecule has 5 atom stereocenters. The SMILES string of the molecule is C=C[C@@H]1C[C@]1(NC(=O)[C@@H]1C[C@@H]2CN1C(=O)[C@H](C(C)(C)C)NC(=O)OC(C)(C)CC/C=C/c1cccc3c1CN(C3)C(=O)O2)C(=O)NS(=O)(=O)C1CC1. The highest BCUT2D eigenvalue weighted by Crippen LogP contribution is 2.45. The van der Waals surface area contributed by atoms with Crippen molar-refractivity contribution in [1.82, 2.24) is 25.2 Å². The van der Waals surface area contributed by atoms with Crippen molar-refractivity contribution in [1.29, 1.82) is 0 Å². The molecule has 1 aromatic rings. The van der Waals surface area contributed by atoms with E-state index in [1.807, 2.05) is 30.4 Å². The fourth-order valence-electron chi connectivity index (χ4n) is 7.25. The molecule has 4 bridgehead atoms. The molecule has 0 spiro atoms. The molecular weight excluding hydrogens is 691 g/mol. The van der Waals surface area contributed by atoms with Crippen LogP contribution in [0.5, 0.6) is 0 Å². The number of carbonyl (C=O) groups excluding carboxylic acids is 5. The van der Waals surface area contributed by atoms with Crippen molar-refractivity contribution in [2.45, 2.75) is 121 Å². The van der Waals surface area contributed by atoms with Crippen LogP contribution < -0.4 is 15.4 Å². The van der Waals surface area contributed by atoms with Crippen molar-refractivity contribution in [3.63, 3.8) is 0 Å². The summed E-state index contributed by atoms with van der Waals surface area (Å²) in [4.78, 5) is 71.9. The van der Waals surface area contributed by atoms with Crippen LogP contribution in [0, 0.1) is 11.3 Å². The van der Waals surface area contributed by atoms with Gasteiger partial charge in [0.25, 0.3) is 5.91 Å². The fourth-order valence-corrected chi connectivity index (χ4v) is 8.61. The molecule has 14 nitrogen and oxygen atoms in total. The van der Waals surface area contributed by atoms with Crippen molar-refractivity contribution in [2.24, 2.45) is 11.3 Å². The fraction of sp³-hybridized carbons (Fsp3) is 0.595. The minimum absolute atomic E-state index is 0.0940. The number of rotatable bonds is 6. The van der Waals surface area contributed by atoms with Crippen molar-refractivity contribution < 1.29 is 41.9 Å². The summed E-state index contributed by atoms with van der Waals surface area (Å²) in [5.74, 6) is -2.74. The molecule has 3 N–H and O–H groups in total. The van der Waals surface area contributed by atoms with Gasteiger partial charge in [-0.25, -0.2) is 18.0 Å². The topological polar surface area (TPSA) is 181 Å². The lowest BCUT2D eigenvalue weighted by molar-refractivity contribution is -0.143. The highest BCUT2D eigenvalue weighted by molar-refractivity contribution is 7.91. The number of cyclic esters (lactones) is 1. The Labute approximate surface area is 304 Å². The monoisotopic (exact) mass is 739 g/mol. The number of nitrogens with one attached hydrogen (secondary N) is 3. The van der Waals surface area contributed by atoms with Gasteiger partial charge in [0.05, 0.1) is 18.3 Å². The van der Waals surface area contributed by atoms with E-state index in [1.54, 1.807) is 39.5 Å². The number of ether oxygens (including phenoxy) is 2. The number of alkyl carbamates (subject to hydrolysis) is 1. The first-order valence-electron chi connectivity index (χ1n) is 17.9. The second-order valence-corrected chi connectivity index (χ2v) is 18.3. The first-order chi connectivity index (χ1) is 24.3. The predicted molar refractivity (Wildman–Crippen MR) is 191 cm³/mol. The molecule has 3 fully saturated rings. The number of allylic oxidation sites excluding steroid dienone is 1. The summed E-state index contributed by atoms with van der Waals surface area (Å²) >= 11 is 0. The zero-order valence-electron chi connectivity index (χ0n) is 30.4. The maximum absolute atomic E-state index is 14.5. The lowest BCUT2D eigenvalue weighted by atomic mass is 9.85. The van der Waals surface area contributed by atoms with E-state index in [-0.39, 0.29) is 19.4 Å². The largest absolute Gasteiger partial charge is 0.444 e. The van der Waals surface area contributed by atoms with Gasteiger partial charge in [-0.1, -0.05) is 57.2 Å². The summed E-state index contributed by atoms with van der Waals surface area (Å²) in [5.41, 5.74) is -0.377. The molecule has 2 saturated carbocycles. The van der Waals surface area contributed by atoms with Gasteiger partial charge in [0.1, 0.15) is 29.3 Å². The van der Waals surface area contributed by atoms with E-state index in [2.05, 4.69) is 21.9 Å². The molecule has 2 aliphatic carbocycles. The van der Waals surface area contributed by atoms with Crippen LogP contribution >= 0.6 is 0 Å². The van der Waals surface area contributed by atoms with E-state index >= 15 is 0 Å². The molecule has 0 unspecified atom stereocenters. The molecule has 5 aliphatic rings. The third-order valence-electron chi connectivity index (χ3n) is 10.6. The second-order valence-electron chi connectivity index (χ2n) is 16.3. The van der Waals surface area contributed by atoms with E-state index in [9.17, 15) is 32.4 Å². The summed E-state index contributed by atoms with van der Waals surface area (Å²) in [5, 5.41) is 4.82. The number of hydrogen-bond acceptors (Lipinski definition) is 9. The molecule has 0 radical (unpaired) electrons.